The fourth-order valence-electron chi connectivity index (χ4n) is 4.23. The Hall–Kier alpha value is -1.47. The molecule has 0 spiro atoms. The molecule has 0 radical (unpaired) electrons. The number of rotatable bonds is 9. The SMILES string of the molecule is CCOC(=O)N(/C(OC)=C(\C#N)C[P+](C(C)C)(C(C)C)C(C)C)c1ccc(Cl)c(Cl)c1. The lowest BCUT2D eigenvalue weighted by atomic mass is 10.2. The molecule has 8 heteroatoms. The van der Waals surface area contributed by atoms with Crippen LogP contribution < -0.4 is 4.90 Å². The Kier molecular flexibility index (Phi) is 10.6. The van der Waals surface area contributed by atoms with E-state index in [4.69, 9.17) is 32.7 Å². The third-order valence-corrected chi connectivity index (χ3v) is 13.1. The normalized spacial score (nSPS) is 12.6. The van der Waals surface area contributed by atoms with Crippen LogP contribution in [0.1, 0.15) is 48.5 Å². The lowest BCUT2D eigenvalue weighted by Crippen LogP contribution is -2.34. The van der Waals surface area contributed by atoms with Gasteiger partial charge >= 0.3 is 6.09 Å². The second-order valence-corrected chi connectivity index (χ2v) is 14.4. The number of nitriles is 1. The summed E-state index contributed by atoms with van der Waals surface area (Å²) in [7, 11) is -0.177. The van der Waals surface area contributed by atoms with Crippen LogP contribution in [0.3, 0.4) is 0 Å². The van der Waals surface area contributed by atoms with Gasteiger partial charge in [-0.2, -0.15) is 5.26 Å². The Labute approximate surface area is 197 Å². The summed E-state index contributed by atoms with van der Waals surface area (Å²) in [5.74, 6) is 0.158. The number of hydrogen-bond acceptors (Lipinski definition) is 4. The summed E-state index contributed by atoms with van der Waals surface area (Å²) in [5.41, 5.74) is 2.08. The molecule has 1 amide bonds. The molecule has 1 aromatic rings. The lowest BCUT2D eigenvalue weighted by molar-refractivity contribution is 0.154. The van der Waals surface area contributed by atoms with Crippen LogP contribution in [0.15, 0.2) is 29.7 Å². The van der Waals surface area contributed by atoms with E-state index in [0.29, 0.717) is 39.4 Å². The summed E-state index contributed by atoms with van der Waals surface area (Å²) in [5, 5.41) is 10.8. The molecule has 0 saturated heterocycles. The van der Waals surface area contributed by atoms with Crippen LogP contribution in [0, 0.1) is 11.3 Å². The van der Waals surface area contributed by atoms with Gasteiger partial charge in [-0.3, -0.25) is 0 Å². The highest BCUT2D eigenvalue weighted by Gasteiger charge is 2.49. The molecule has 0 saturated carbocycles. The van der Waals surface area contributed by atoms with Gasteiger partial charge in [0.1, 0.15) is 17.8 Å². The van der Waals surface area contributed by atoms with Gasteiger partial charge in [0, 0.05) is 7.26 Å². The third kappa shape index (κ3) is 6.07. The van der Waals surface area contributed by atoms with Gasteiger partial charge in [-0.15, -0.1) is 0 Å². The van der Waals surface area contributed by atoms with Crippen LogP contribution in [0.25, 0.3) is 0 Å². The van der Waals surface area contributed by atoms with Gasteiger partial charge in [0.15, 0.2) is 0 Å². The smallest absolute Gasteiger partial charge is 0.421 e. The molecule has 0 fully saturated rings. The molecule has 5 nitrogen and oxygen atoms in total. The summed E-state index contributed by atoms with van der Waals surface area (Å²) in [6.07, 6.45) is -0.0789. The summed E-state index contributed by atoms with van der Waals surface area (Å²) < 4.78 is 10.9. The second kappa shape index (κ2) is 12.0. The molecule has 0 aliphatic rings. The first kappa shape index (κ1) is 27.6. The zero-order valence-corrected chi connectivity index (χ0v) is 22.1. The molecule has 0 aromatic heterocycles. The highest BCUT2D eigenvalue weighted by molar-refractivity contribution is 7.77. The first-order valence-electron chi connectivity index (χ1n) is 10.4. The van der Waals surface area contributed by atoms with Gasteiger partial charge < -0.3 is 9.47 Å². The maximum Gasteiger partial charge on any atom is 0.421 e. The zero-order valence-electron chi connectivity index (χ0n) is 19.7. The molecular formula is C23H34Cl2N2O3P+. The predicted molar refractivity (Wildman–Crippen MR) is 133 cm³/mol. The van der Waals surface area contributed by atoms with E-state index in [2.05, 4.69) is 47.6 Å². The van der Waals surface area contributed by atoms with Gasteiger partial charge in [-0.25, -0.2) is 9.69 Å². The van der Waals surface area contributed by atoms with Crippen LogP contribution in [0.5, 0.6) is 0 Å². The number of carbonyl (C=O) groups is 1. The molecule has 1 rings (SSSR count). The number of halogens is 2. The molecule has 0 aliphatic heterocycles. The maximum atomic E-state index is 12.9. The number of amides is 1. The van der Waals surface area contributed by atoms with Crippen LogP contribution >= 0.6 is 30.5 Å². The fraction of sp³-hybridized carbons (Fsp3) is 0.565. The van der Waals surface area contributed by atoms with E-state index >= 15 is 0 Å². The largest absolute Gasteiger partial charge is 0.481 e. The first-order chi connectivity index (χ1) is 14.5. The number of hydrogen-bond donors (Lipinski definition) is 0. The number of allylic oxidation sites excluding steroid dienone is 1. The number of carbonyl (C=O) groups excluding carboxylic acids is 1. The van der Waals surface area contributed by atoms with Crippen molar-refractivity contribution >= 4 is 42.2 Å². The van der Waals surface area contributed by atoms with Gasteiger partial charge in [0.25, 0.3) is 0 Å². The summed E-state index contributed by atoms with van der Waals surface area (Å²) in [6, 6.07) is 7.12. The Morgan fingerprint density at radius 3 is 2.03 bits per heavy atom. The minimum Gasteiger partial charge on any atom is -0.481 e. The Bertz CT molecular complexity index is 826. The highest BCUT2D eigenvalue weighted by atomic mass is 35.5. The zero-order chi connectivity index (χ0) is 23.9. The van der Waals surface area contributed by atoms with Crippen LogP contribution in [-0.2, 0) is 9.47 Å². The fourth-order valence-corrected chi connectivity index (χ4v) is 9.95. The van der Waals surface area contributed by atoms with E-state index in [-0.39, 0.29) is 17.5 Å². The summed E-state index contributed by atoms with van der Waals surface area (Å²) in [4.78, 5) is 14.2. The number of nitrogens with zero attached hydrogens (tertiary/aromatic N) is 2. The lowest BCUT2D eigenvalue weighted by Gasteiger charge is -2.38. The molecule has 0 heterocycles. The summed E-state index contributed by atoms with van der Waals surface area (Å²) in [6.45, 7) is 15.2. The van der Waals surface area contributed by atoms with E-state index in [1.165, 1.54) is 12.0 Å². The van der Waals surface area contributed by atoms with Crippen LogP contribution in [-0.4, -0.2) is 42.9 Å². The first-order valence-corrected chi connectivity index (χ1v) is 13.4. The van der Waals surface area contributed by atoms with Gasteiger partial charge in [0.2, 0.25) is 5.88 Å². The van der Waals surface area contributed by atoms with Crippen molar-refractivity contribution in [2.75, 3.05) is 24.8 Å². The topological polar surface area (TPSA) is 62.6 Å². The number of benzene rings is 1. The molecular weight excluding hydrogens is 454 g/mol. The van der Waals surface area contributed by atoms with Crippen molar-refractivity contribution in [1.82, 2.24) is 0 Å². The Morgan fingerprint density at radius 1 is 1.10 bits per heavy atom. The monoisotopic (exact) mass is 487 g/mol. The molecule has 0 N–H and O–H groups in total. The Morgan fingerprint density at radius 2 is 1.65 bits per heavy atom. The van der Waals surface area contributed by atoms with Gasteiger partial charge in [-0.1, -0.05) is 23.2 Å². The number of ether oxygens (including phenoxy) is 2. The average molecular weight is 488 g/mol. The Balaban J connectivity index is 3.76. The summed E-state index contributed by atoms with van der Waals surface area (Å²) >= 11 is 12.3. The van der Waals surface area contributed by atoms with E-state index in [0.717, 1.165) is 0 Å². The van der Waals surface area contributed by atoms with E-state index in [1.54, 1.807) is 25.1 Å². The molecule has 0 unspecified atom stereocenters. The van der Waals surface area contributed by atoms with Gasteiger partial charge in [-0.05, 0) is 66.7 Å². The van der Waals surface area contributed by atoms with Gasteiger partial charge in [0.05, 0.1) is 46.4 Å². The standard InChI is InChI=1S/C23H34Cl2N2O3P/c1-9-30-23(28)27(19-10-11-20(24)21(25)12-19)22(29-8)18(13-26)14-31(15(2)3,16(4)5)17(6)7/h10-12,15-17H,9,14H2,1-8H3/q+1/b22-18-. The molecule has 0 aliphatic carbocycles. The minimum absolute atomic E-state index is 0.158. The van der Waals surface area contributed by atoms with E-state index < -0.39 is 13.4 Å². The van der Waals surface area contributed by atoms with E-state index in [1.807, 2.05) is 0 Å². The van der Waals surface area contributed by atoms with Crippen LogP contribution in [0.4, 0.5) is 10.5 Å². The van der Waals surface area contributed by atoms with Crippen molar-refractivity contribution in [2.45, 2.75) is 65.4 Å². The number of anilines is 1. The maximum absolute atomic E-state index is 12.9. The van der Waals surface area contributed by atoms with Crippen molar-refractivity contribution in [2.24, 2.45) is 0 Å². The average Bonchev–Trinajstić information content (AvgIpc) is 2.69. The second-order valence-electron chi connectivity index (χ2n) is 8.17. The predicted octanol–water partition coefficient (Wildman–Crippen LogP) is 7.58. The molecule has 0 atom stereocenters. The van der Waals surface area contributed by atoms with E-state index in [9.17, 15) is 10.1 Å². The minimum atomic E-state index is -1.63. The number of methoxy groups -OCH3 is 1. The quantitative estimate of drug-likeness (QED) is 0.204. The van der Waals surface area contributed by atoms with Crippen LogP contribution in [0.2, 0.25) is 10.0 Å². The molecule has 1 aromatic carbocycles. The van der Waals surface area contributed by atoms with Crippen molar-refractivity contribution in [1.29, 1.82) is 5.26 Å². The molecule has 0 bridgehead atoms. The van der Waals surface area contributed by atoms with Crippen molar-refractivity contribution in [3.63, 3.8) is 0 Å². The van der Waals surface area contributed by atoms with Crippen molar-refractivity contribution in [3.05, 3.63) is 39.7 Å². The van der Waals surface area contributed by atoms with Crippen molar-refractivity contribution < 1.29 is 14.3 Å². The molecule has 172 valence electrons. The molecule has 31 heavy (non-hydrogen) atoms. The third-order valence-electron chi connectivity index (χ3n) is 5.72. The highest BCUT2D eigenvalue weighted by Crippen LogP contribution is 2.71. The van der Waals surface area contributed by atoms with Crippen molar-refractivity contribution in [3.8, 4) is 6.07 Å².